The maximum atomic E-state index is 12.2. The molecule has 1 aromatic carbocycles. The molecule has 2 aromatic rings. The Labute approximate surface area is 138 Å². The van der Waals surface area contributed by atoms with Crippen LogP contribution in [0.2, 0.25) is 0 Å². The molecule has 0 atom stereocenters. The second-order valence-corrected chi connectivity index (χ2v) is 5.87. The molecule has 2 N–H and O–H groups in total. The molecule has 0 fully saturated rings. The summed E-state index contributed by atoms with van der Waals surface area (Å²) in [5.74, 6) is 0.311. The number of carbonyl (C=O) groups is 1. The van der Waals surface area contributed by atoms with Gasteiger partial charge in [-0.3, -0.25) is 4.79 Å². The summed E-state index contributed by atoms with van der Waals surface area (Å²) in [6.07, 6.45) is 5.23. The number of halogens is 1. The Hall–Kier alpha value is -1.95. The molecule has 116 valence electrons. The highest BCUT2D eigenvalue weighted by Gasteiger charge is 2.09. The fourth-order valence-corrected chi connectivity index (χ4v) is 2.42. The summed E-state index contributed by atoms with van der Waals surface area (Å²) in [6.45, 7) is 4.95. The van der Waals surface area contributed by atoms with Crippen molar-refractivity contribution in [3.05, 3.63) is 46.2 Å². The lowest BCUT2D eigenvalue weighted by Crippen LogP contribution is -2.14. The zero-order valence-electron chi connectivity index (χ0n) is 12.7. The predicted octanol–water partition coefficient (Wildman–Crippen LogP) is 4.01. The van der Waals surface area contributed by atoms with E-state index in [9.17, 15) is 4.79 Å². The van der Waals surface area contributed by atoms with E-state index < -0.39 is 0 Å². The average Bonchev–Trinajstić information content (AvgIpc) is 2.51. The van der Waals surface area contributed by atoms with E-state index in [0.717, 1.165) is 35.1 Å². The van der Waals surface area contributed by atoms with Gasteiger partial charge in [-0.05, 0) is 47.0 Å². The van der Waals surface area contributed by atoms with E-state index in [-0.39, 0.29) is 5.91 Å². The molecule has 0 aliphatic heterocycles. The normalized spacial score (nSPS) is 10.3. The van der Waals surface area contributed by atoms with Gasteiger partial charge in [0.1, 0.15) is 0 Å². The predicted molar refractivity (Wildman–Crippen MR) is 92.3 cm³/mol. The largest absolute Gasteiger partial charge is 0.354 e. The number of benzene rings is 1. The average molecular weight is 363 g/mol. The molecule has 22 heavy (non-hydrogen) atoms. The number of nitrogens with one attached hydrogen (secondary N) is 2. The van der Waals surface area contributed by atoms with Crippen LogP contribution in [0.1, 0.15) is 35.7 Å². The highest BCUT2D eigenvalue weighted by molar-refractivity contribution is 9.10. The standard InChI is InChI=1S/C16H19BrN4O/c1-3-4-7-18-16-19-9-12(10-20-16)15(22)21-14-6-5-11(2)8-13(14)17/h5-6,8-10H,3-4,7H2,1-2H3,(H,21,22)(H,18,19,20). The summed E-state index contributed by atoms with van der Waals surface area (Å²) < 4.78 is 0.847. The van der Waals surface area contributed by atoms with Crippen LogP contribution in [0.4, 0.5) is 11.6 Å². The van der Waals surface area contributed by atoms with Crippen molar-refractivity contribution in [1.29, 1.82) is 0 Å². The van der Waals surface area contributed by atoms with Gasteiger partial charge in [0.25, 0.3) is 5.91 Å². The number of unbranched alkanes of at least 4 members (excludes halogenated alkanes) is 1. The summed E-state index contributed by atoms with van der Waals surface area (Å²) in [5, 5.41) is 5.95. The van der Waals surface area contributed by atoms with Gasteiger partial charge in [-0.2, -0.15) is 0 Å². The highest BCUT2D eigenvalue weighted by atomic mass is 79.9. The fourth-order valence-electron chi connectivity index (χ4n) is 1.83. The molecule has 5 nitrogen and oxygen atoms in total. The molecular weight excluding hydrogens is 344 g/mol. The first kappa shape index (κ1) is 16.4. The number of carbonyl (C=O) groups excluding carboxylic acids is 1. The van der Waals surface area contributed by atoms with Crippen molar-refractivity contribution >= 4 is 33.5 Å². The van der Waals surface area contributed by atoms with Crippen molar-refractivity contribution in [2.45, 2.75) is 26.7 Å². The van der Waals surface area contributed by atoms with Crippen LogP contribution in [0.5, 0.6) is 0 Å². The lowest BCUT2D eigenvalue weighted by molar-refractivity contribution is 0.102. The third-order valence-electron chi connectivity index (χ3n) is 3.10. The zero-order valence-corrected chi connectivity index (χ0v) is 14.3. The van der Waals surface area contributed by atoms with Crippen LogP contribution in [-0.2, 0) is 0 Å². The number of nitrogens with zero attached hydrogens (tertiary/aromatic N) is 2. The maximum Gasteiger partial charge on any atom is 0.258 e. The SMILES string of the molecule is CCCCNc1ncc(C(=O)Nc2ccc(C)cc2Br)cn1. The van der Waals surface area contributed by atoms with E-state index in [1.807, 2.05) is 25.1 Å². The third-order valence-corrected chi connectivity index (χ3v) is 3.76. The quantitative estimate of drug-likeness (QED) is 0.761. The summed E-state index contributed by atoms with van der Waals surface area (Å²) in [6, 6.07) is 5.75. The van der Waals surface area contributed by atoms with E-state index in [2.05, 4.69) is 43.5 Å². The molecule has 6 heteroatoms. The molecule has 2 rings (SSSR count). The highest BCUT2D eigenvalue weighted by Crippen LogP contribution is 2.23. The van der Waals surface area contributed by atoms with Crippen LogP contribution in [0.15, 0.2) is 35.1 Å². The lowest BCUT2D eigenvalue weighted by atomic mass is 10.2. The number of hydrogen-bond acceptors (Lipinski definition) is 4. The molecule has 1 amide bonds. The van der Waals surface area contributed by atoms with Crippen molar-refractivity contribution in [2.75, 3.05) is 17.2 Å². The molecule has 1 heterocycles. The first-order chi connectivity index (χ1) is 10.6. The number of hydrogen-bond donors (Lipinski definition) is 2. The number of aromatic nitrogens is 2. The Morgan fingerprint density at radius 2 is 2.00 bits per heavy atom. The van der Waals surface area contributed by atoms with Gasteiger partial charge in [-0.15, -0.1) is 0 Å². The number of aryl methyl sites for hydroxylation is 1. The Morgan fingerprint density at radius 3 is 2.64 bits per heavy atom. The van der Waals surface area contributed by atoms with Crippen molar-refractivity contribution in [3.63, 3.8) is 0 Å². The molecule has 0 aliphatic carbocycles. The molecular formula is C16H19BrN4O. The van der Waals surface area contributed by atoms with Gasteiger partial charge in [-0.1, -0.05) is 19.4 Å². The Bertz CT molecular complexity index is 643. The van der Waals surface area contributed by atoms with E-state index in [0.29, 0.717) is 11.5 Å². The smallest absolute Gasteiger partial charge is 0.258 e. The summed E-state index contributed by atoms with van der Waals surface area (Å²) in [5.41, 5.74) is 2.27. The topological polar surface area (TPSA) is 66.9 Å². The molecule has 0 radical (unpaired) electrons. The van der Waals surface area contributed by atoms with Gasteiger partial charge in [0.05, 0.1) is 11.3 Å². The number of anilines is 2. The first-order valence-electron chi connectivity index (χ1n) is 7.23. The summed E-state index contributed by atoms with van der Waals surface area (Å²) in [4.78, 5) is 20.5. The van der Waals surface area contributed by atoms with Crippen LogP contribution in [-0.4, -0.2) is 22.4 Å². The van der Waals surface area contributed by atoms with Crippen LogP contribution in [0.25, 0.3) is 0 Å². The molecule has 0 unspecified atom stereocenters. The second kappa shape index (κ2) is 7.89. The van der Waals surface area contributed by atoms with E-state index >= 15 is 0 Å². The van der Waals surface area contributed by atoms with Crippen molar-refractivity contribution in [1.82, 2.24) is 9.97 Å². The van der Waals surface area contributed by atoms with E-state index in [1.54, 1.807) is 0 Å². The number of amides is 1. The molecule has 0 bridgehead atoms. The first-order valence-corrected chi connectivity index (χ1v) is 8.03. The lowest BCUT2D eigenvalue weighted by Gasteiger charge is -2.08. The van der Waals surface area contributed by atoms with Gasteiger partial charge in [-0.25, -0.2) is 9.97 Å². The molecule has 1 aromatic heterocycles. The molecule has 0 saturated carbocycles. The molecule has 0 spiro atoms. The van der Waals surface area contributed by atoms with E-state index in [1.165, 1.54) is 12.4 Å². The summed E-state index contributed by atoms with van der Waals surface area (Å²) in [7, 11) is 0. The second-order valence-electron chi connectivity index (χ2n) is 5.01. The van der Waals surface area contributed by atoms with Crippen LogP contribution < -0.4 is 10.6 Å². The minimum absolute atomic E-state index is 0.232. The van der Waals surface area contributed by atoms with Gasteiger partial charge >= 0.3 is 0 Å². The van der Waals surface area contributed by atoms with Gasteiger partial charge in [0.2, 0.25) is 5.95 Å². The maximum absolute atomic E-state index is 12.2. The van der Waals surface area contributed by atoms with Crippen LogP contribution >= 0.6 is 15.9 Å². The van der Waals surface area contributed by atoms with E-state index in [4.69, 9.17) is 0 Å². The van der Waals surface area contributed by atoms with Gasteiger partial charge in [0, 0.05) is 23.4 Å². The Morgan fingerprint density at radius 1 is 1.27 bits per heavy atom. The Kier molecular flexibility index (Phi) is 5.89. The minimum atomic E-state index is -0.232. The van der Waals surface area contributed by atoms with Crippen molar-refractivity contribution < 1.29 is 4.79 Å². The van der Waals surface area contributed by atoms with Crippen LogP contribution in [0, 0.1) is 6.92 Å². The van der Waals surface area contributed by atoms with Crippen molar-refractivity contribution in [3.8, 4) is 0 Å². The Balaban J connectivity index is 2.00. The zero-order chi connectivity index (χ0) is 15.9. The molecule has 0 saturated heterocycles. The summed E-state index contributed by atoms with van der Waals surface area (Å²) >= 11 is 3.44. The van der Waals surface area contributed by atoms with Gasteiger partial charge in [0.15, 0.2) is 0 Å². The third kappa shape index (κ3) is 4.53. The molecule has 0 aliphatic rings. The van der Waals surface area contributed by atoms with Crippen molar-refractivity contribution in [2.24, 2.45) is 0 Å². The monoisotopic (exact) mass is 362 g/mol. The van der Waals surface area contributed by atoms with Crippen LogP contribution in [0.3, 0.4) is 0 Å². The fraction of sp³-hybridized carbons (Fsp3) is 0.312. The number of rotatable bonds is 6. The van der Waals surface area contributed by atoms with Gasteiger partial charge < -0.3 is 10.6 Å². The minimum Gasteiger partial charge on any atom is -0.354 e.